The van der Waals surface area contributed by atoms with Crippen LogP contribution in [0.15, 0.2) is 56.7 Å². The van der Waals surface area contributed by atoms with Crippen molar-refractivity contribution in [2.24, 2.45) is 5.10 Å². The average Bonchev–Trinajstić information content (AvgIpc) is 3.29. The van der Waals surface area contributed by atoms with Gasteiger partial charge in [0.2, 0.25) is 11.0 Å². The van der Waals surface area contributed by atoms with E-state index in [1.54, 1.807) is 24.3 Å². The van der Waals surface area contributed by atoms with Crippen molar-refractivity contribution in [3.63, 3.8) is 0 Å². The molecule has 3 amide bonds. The Hall–Kier alpha value is -3.05. The van der Waals surface area contributed by atoms with E-state index in [1.165, 1.54) is 12.5 Å². The van der Waals surface area contributed by atoms with Crippen LogP contribution in [-0.2, 0) is 11.2 Å². The summed E-state index contributed by atoms with van der Waals surface area (Å²) in [6.45, 7) is 0. The lowest BCUT2D eigenvalue weighted by atomic mass is 10.3. The van der Waals surface area contributed by atoms with Gasteiger partial charge in [-0.05, 0) is 36.4 Å². The first kappa shape index (κ1) is 18.7. The first-order chi connectivity index (χ1) is 13.1. The first-order valence-electron chi connectivity index (χ1n) is 7.60. The smallest absolute Gasteiger partial charge is 0.325 e. The predicted octanol–water partition coefficient (Wildman–Crippen LogP) is 3.23. The minimum atomic E-state index is -0.451. The molecule has 3 N–H and O–H groups in total. The highest BCUT2D eigenvalue weighted by molar-refractivity contribution is 9.10. The molecule has 3 aromatic rings. The molecule has 0 spiro atoms. The van der Waals surface area contributed by atoms with E-state index in [1.807, 2.05) is 12.1 Å². The molecule has 138 valence electrons. The van der Waals surface area contributed by atoms with E-state index in [9.17, 15) is 9.59 Å². The molecule has 2 heterocycles. The summed E-state index contributed by atoms with van der Waals surface area (Å²) in [5.74, 6) is 0.161. The van der Waals surface area contributed by atoms with E-state index in [0.29, 0.717) is 16.5 Å². The van der Waals surface area contributed by atoms with Crippen molar-refractivity contribution in [2.45, 2.75) is 6.42 Å². The van der Waals surface area contributed by atoms with Gasteiger partial charge in [0.1, 0.15) is 10.8 Å². The summed E-state index contributed by atoms with van der Waals surface area (Å²) in [4.78, 5) is 23.8. The zero-order valence-electron chi connectivity index (χ0n) is 13.7. The zero-order chi connectivity index (χ0) is 19.1. The second kappa shape index (κ2) is 9.05. The van der Waals surface area contributed by atoms with Crippen molar-refractivity contribution in [1.29, 1.82) is 0 Å². The van der Waals surface area contributed by atoms with E-state index in [0.717, 1.165) is 15.8 Å². The Morgan fingerprint density at radius 3 is 2.74 bits per heavy atom. The fourth-order valence-electron chi connectivity index (χ4n) is 1.88. The number of anilines is 2. The summed E-state index contributed by atoms with van der Waals surface area (Å²) < 4.78 is 5.96. The second-order valence-electron chi connectivity index (χ2n) is 5.07. The molecular weight excluding hydrogens is 436 g/mol. The van der Waals surface area contributed by atoms with Gasteiger partial charge in [-0.15, -0.1) is 10.2 Å². The van der Waals surface area contributed by atoms with Crippen LogP contribution in [0.1, 0.15) is 10.8 Å². The lowest BCUT2D eigenvalue weighted by molar-refractivity contribution is -0.120. The molecule has 0 saturated carbocycles. The van der Waals surface area contributed by atoms with Crippen LogP contribution in [0, 0.1) is 0 Å². The van der Waals surface area contributed by atoms with E-state index in [4.69, 9.17) is 4.42 Å². The highest BCUT2D eigenvalue weighted by atomic mass is 79.9. The van der Waals surface area contributed by atoms with Crippen LogP contribution in [0.5, 0.6) is 0 Å². The molecule has 11 heteroatoms. The van der Waals surface area contributed by atoms with Crippen LogP contribution in [0.25, 0.3) is 0 Å². The zero-order valence-corrected chi connectivity index (χ0v) is 16.1. The monoisotopic (exact) mass is 448 g/mol. The van der Waals surface area contributed by atoms with E-state index in [-0.39, 0.29) is 17.5 Å². The van der Waals surface area contributed by atoms with Gasteiger partial charge in [-0.2, -0.15) is 5.10 Å². The van der Waals surface area contributed by atoms with Crippen molar-refractivity contribution >= 4 is 56.2 Å². The van der Waals surface area contributed by atoms with Crippen LogP contribution < -0.4 is 16.1 Å². The maximum Gasteiger partial charge on any atom is 0.325 e. The van der Waals surface area contributed by atoms with Crippen LogP contribution in [0.3, 0.4) is 0 Å². The van der Waals surface area contributed by atoms with Crippen molar-refractivity contribution < 1.29 is 14.0 Å². The maximum absolute atomic E-state index is 11.9. The van der Waals surface area contributed by atoms with Gasteiger partial charge in [0.25, 0.3) is 0 Å². The first-order valence-corrected chi connectivity index (χ1v) is 9.21. The number of rotatable bonds is 6. The molecular formula is C16H13BrN6O3S. The molecule has 0 fully saturated rings. The quantitative estimate of drug-likeness (QED) is 0.394. The SMILES string of the molecule is O=C(Cc1nnc(NC(=O)Nc2ccc(Br)cc2)s1)N/N=C\c1ccco1. The van der Waals surface area contributed by atoms with Gasteiger partial charge in [0, 0.05) is 10.2 Å². The van der Waals surface area contributed by atoms with Crippen LogP contribution >= 0.6 is 27.3 Å². The van der Waals surface area contributed by atoms with Gasteiger partial charge in [-0.25, -0.2) is 10.2 Å². The Balaban J connectivity index is 1.46. The minimum absolute atomic E-state index is 0.0107. The van der Waals surface area contributed by atoms with Gasteiger partial charge < -0.3 is 9.73 Å². The van der Waals surface area contributed by atoms with E-state index < -0.39 is 6.03 Å². The fourth-order valence-corrected chi connectivity index (χ4v) is 2.88. The van der Waals surface area contributed by atoms with Crippen molar-refractivity contribution in [3.8, 4) is 0 Å². The fraction of sp³-hybridized carbons (Fsp3) is 0.0625. The third kappa shape index (κ3) is 6.01. The van der Waals surface area contributed by atoms with Crippen LogP contribution in [0.4, 0.5) is 15.6 Å². The van der Waals surface area contributed by atoms with Crippen LogP contribution in [0.2, 0.25) is 0 Å². The normalized spacial score (nSPS) is 10.7. The Labute approximate surface area is 166 Å². The average molecular weight is 449 g/mol. The molecule has 2 aromatic heterocycles. The predicted molar refractivity (Wildman–Crippen MR) is 105 cm³/mol. The summed E-state index contributed by atoms with van der Waals surface area (Å²) in [5.41, 5.74) is 3.00. The molecule has 1 aromatic carbocycles. The Morgan fingerprint density at radius 2 is 2.00 bits per heavy atom. The van der Waals surface area contributed by atoms with Crippen LogP contribution in [-0.4, -0.2) is 28.4 Å². The summed E-state index contributed by atoms with van der Waals surface area (Å²) >= 11 is 4.42. The molecule has 3 rings (SSSR count). The Morgan fingerprint density at radius 1 is 1.19 bits per heavy atom. The van der Waals surface area contributed by atoms with Gasteiger partial charge in [0.05, 0.1) is 18.9 Å². The van der Waals surface area contributed by atoms with Crippen molar-refractivity contribution in [3.05, 3.63) is 57.9 Å². The summed E-state index contributed by atoms with van der Waals surface area (Å²) in [6.07, 6.45) is 2.88. The maximum atomic E-state index is 11.9. The number of urea groups is 1. The Bertz CT molecular complexity index is 939. The summed E-state index contributed by atoms with van der Waals surface area (Å²) in [5, 5.41) is 17.5. The third-order valence-electron chi connectivity index (χ3n) is 3.03. The third-order valence-corrected chi connectivity index (χ3v) is 4.39. The number of carbonyl (C=O) groups is 2. The number of hydrogen-bond donors (Lipinski definition) is 3. The number of furan rings is 1. The van der Waals surface area contributed by atoms with Gasteiger partial charge >= 0.3 is 6.03 Å². The van der Waals surface area contributed by atoms with Crippen molar-refractivity contribution in [2.75, 3.05) is 10.6 Å². The molecule has 27 heavy (non-hydrogen) atoms. The molecule has 9 nitrogen and oxygen atoms in total. The topological polar surface area (TPSA) is 122 Å². The summed E-state index contributed by atoms with van der Waals surface area (Å²) in [6, 6.07) is 10.1. The molecule has 0 unspecified atom stereocenters. The Kier molecular flexibility index (Phi) is 6.28. The molecule has 0 aliphatic rings. The number of amides is 3. The number of halogens is 1. The second-order valence-corrected chi connectivity index (χ2v) is 7.05. The molecule has 0 aliphatic carbocycles. The number of hydrazone groups is 1. The molecule has 0 saturated heterocycles. The molecule has 0 atom stereocenters. The van der Waals surface area contributed by atoms with E-state index in [2.05, 4.69) is 47.3 Å². The minimum Gasteiger partial charge on any atom is -0.463 e. The molecule has 0 radical (unpaired) electrons. The highest BCUT2D eigenvalue weighted by Crippen LogP contribution is 2.17. The molecule has 0 aliphatic heterocycles. The van der Waals surface area contributed by atoms with E-state index >= 15 is 0 Å². The molecule has 0 bridgehead atoms. The lowest BCUT2D eigenvalue weighted by Gasteiger charge is -2.04. The number of nitrogens with zero attached hydrogens (tertiary/aromatic N) is 3. The van der Waals surface area contributed by atoms with Crippen molar-refractivity contribution in [1.82, 2.24) is 15.6 Å². The van der Waals surface area contributed by atoms with Gasteiger partial charge in [-0.1, -0.05) is 27.3 Å². The number of carbonyl (C=O) groups excluding carboxylic acids is 2. The number of hydrogen-bond acceptors (Lipinski definition) is 7. The lowest BCUT2D eigenvalue weighted by Crippen LogP contribution is -2.19. The number of nitrogens with one attached hydrogen (secondary N) is 3. The number of aromatic nitrogens is 2. The highest BCUT2D eigenvalue weighted by Gasteiger charge is 2.11. The number of benzene rings is 1. The summed E-state index contributed by atoms with van der Waals surface area (Å²) in [7, 11) is 0. The van der Waals surface area contributed by atoms with Gasteiger partial charge in [0.15, 0.2) is 0 Å². The van der Waals surface area contributed by atoms with Gasteiger partial charge in [-0.3, -0.25) is 10.1 Å². The largest absolute Gasteiger partial charge is 0.463 e. The standard InChI is InChI=1S/C16H13BrN6O3S/c17-10-3-5-11(6-4-10)19-15(25)20-16-23-22-14(27-16)8-13(24)21-18-9-12-2-1-7-26-12/h1-7,9H,8H2,(H,21,24)(H2,19,20,23,25)/b18-9-.